The van der Waals surface area contributed by atoms with Crippen LogP contribution < -0.4 is 10.9 Å². The normalized spacial score (nSPS) is 21.6. The van der Waals surface area contributed by atoms with Crippen LogP contribution in [0.3, 0.4) is 0 Å². The second-order valence-corrected chi connectivity index (χ2v) is 10.5. The predicted molar refractivity (Wildman–Crippen MR) is 112 cm³/mol. The predicted octanol–water partition coefficient (Wildman–Crippen LogP) is 1.89. The molecule has 4 rings (SSSR count). The van der Waals surface area contributed by atoms with Gasteiger partial charge in [0, 0.05) is 25.7 Å². The van der Waals surface area contributed by atoms with Crippen LogP contribution >= 0.6 is 11.6 Å². The summed E-state index contributed by atoms with van der Waals surface area (Å²) in [4.78, 5) is 25.8. The van der Waals surface area contributed by atoms with Crippen molar-refractivity contribution in [2.45, 2.75) is 39.2 Å². The van der Waals surface area contributed by atoms with E-state index >= 15 is 0 Å². The molecule has 1 aliphatic carbocycles. The van der Waals surface area contributed by atoms with Crippen molar-refractivity contribution in [3.63, 3.8) is 0 Å². The molecule has 0 amide bonds. The maximum atomic E-state index is 13.2. The van der Waals surface area contributed by atoms with E-state index in [0.29, 0.717) is 36.7 Å². The Morgan fingerprint density at radius 1 is 1.31 bits per heavy atom. The molecule has 3 heterocycles. The highest BCUT2D eigenvalue weighted by Crippen LogP contribution is 2.39. The minimum Gasteiger partial charge on any atom is -0.365 e. The molecule has 0 bridgehead atoms. The Morgan fingerprint density at radius 3 is 2.76 bits per heavy atom. The summed E-state index contributed by atoms with van der Waals surface area (Å²) in [6, 6.07) is -0.00353. The number of fused-ring (bicyclic) bond motifs is 1. The van der Waals surface area contributed by atoms with E-state index in [0.717, 1.165) is 19.3 Å². The highest BCUT2D eigenvalue weighted by atomic mass is 35.5. The third-order valence-electron chi connectivity index (χ3n) is 5.88. The van der Waals surface area contributed by atoms with Crippen LogP contribution in [-0.2, 0) is 10.0 Å². The third-order valence-corrected chi connectivity index (χ3v) is 7.91. The van der Waals surface area contributed by atoms with Gasteiger partial charge in [-0.05, 0) is 56.5 Å². The Hall–Kier alpha value is -1.78. The summed E-state index contributed by atoms with van der Waals surface area (Å²) < 4.78 is 27.3. The second-order valence-electron chi connectivity index (χ2n) is 7.86. The molecule has 1 N–H and O–H groups in total. The molecular weight excluding hydrogens is 416 g/mol. The average Bonchev–Trinajstić information content (AvgIpc) is 3.43. The van der Waals surface area contributed by atoms with Crippen LogP contribution in [0.5, 0.6) is 0 Å². The lowest BCUT2D eigenvalue weighted by Gasteiger charge is -2.19. The van der Waals surface area contributed by atoms with Gasteiger partial charge in [-0.15, -0.1) is 0 Å². The highest BCUT2D eigenvalue weighted by molar-refractivity contribution is 7.89. The maximum absolute atomic E-state index is 13.2. The molecule has 11 heteroatoms. The number of hydrogen-bond donors (Lipinski definition) is 1. The van der Waals surface area contributed by atoms with Crippen LogP contribution in [0.25, 0.3) is 11.2 Å². The van der Waals surface area contributed by atoms with E-state index in [9.17, 15) is 13.2 Å². The van der Waals surface area contributed by atoms with Crippen molar-refractivity contribution >= 4 is 38.6 Å². The fourth-order valence-electron chi connectivity index (χ4n) is 3.90. The molecule has 2 aliphatic rings. The molecule has 2 aromatic rings. The summed E-state index contributed by atoms with van der Waals surface area (Å²) in [6.45, 7) is 5.13. The summed E-state index contributed by atoms with van der Waals surface area (Å²) in [5.41, 5.74) is 0.717. The number of rotatable bonds is 7. The van der Waals surface area contributed by atoms with Crippen LogP contribution in [0.4, 0.5) is 5.82 Å². The van der Waals surface area contributed by atoms with E-state index in [4.69, 9.17) is 11.6 Å². The quantitative estimate of drug-likeness (QED) is 0.654. The lowest BCUT2D eigenvalue weighted by molar-refractivity contribution is 0.462. The number of nitrogens with zero attached hydrogens (tertiary/aromatic N) is 5. The molecule has 0 radical (unpaired) electrons. The third kappa shape index (κ3) is 4.10. The molecule has 2 fully saturated rings. The van der Waals surface area contributed by atoms with Crippen molar-refractivity contribution in [1.29, 1.82) is 0 Å². The summed E-state index contributed by atoms with van der Waals surface area (Å²) in [7, 11) is -3.18. The zero-order chi connectivity index (χ0) is 20.8. The Morgan fingerprint density at radius 2 is 2.07 bits per heavy atom. The first-order valence-electron chi connectivity index (χ1n) is 9.96. The Kier molecular flexibility index (Phi) is 5.52. The van der Waals surface area contributed by atoms with Crippen LogP contribution in [0, 0.1) is 11.8 Å². The van der Waals surface area contributed by atoms with Gasteiger partial charge >= 0.3 is 0 Å². The molecule has 1 saturated heterocycles. The number of aromatic nitrogens is 4. The first kappa shape index (κ1) is 20.5. The van der Waals surface area contributed by atoms with Crippen molar-refractivity contribution in [3.8, 4) is 0 Å². The second kappa shape index (κ2) is 7.81. The van der Waals surface area contributed by atoms with Gasteiger partial charge in [0.15, 0.2) is 11.5 Å². The van der Waals surface area contributed by atoms with Gasteiger partial charge in [0.05, 0.1) is 11.9 Å². The van der Waals surface area contributed by atoms with Gasteiger partial charge in [0.1, 0.15) is 5.52 Å². The van der Waals surface area contributed by atoms with Crippen LogP contribution in [0.15, 0.2) is 11.0 Å². The molecule has 0 aromatic carbocycles. The van der Waals surface area contributed by atoms with Gasteiger partial charge < -0.3 is 5.32 Å². The molecule has 1 saturated carbocycles. The topological polar surface area (TPSA) is 110 Å². The minimum atomic E-state index is -3.18. The fourth-order valence-corrected chi connectivity index (χ4v) is 5.22. The van der Waals surface area contributed by atoms with Gasteiger partial charge in [-0.2, -0.15) is 4.98 Å². The van der Waals surface area contributed by atoms with E-state index in [2.05, 4.69) is 20.3 Å². The molecule has 0 unspecified atom stereocenters. The average molecular weight is 441 g/mol. The number of anilines is 1. The van der Waals surface area contributed by atoms with Crippen LogP contribution in [0.2, 0.25) is 5.28 Å². The summed E-state index contributed by atoms with van der Waals surface area (Å²) >= 11 is 5.96. The van der Waals surface area contributed by atoms with Crippen LogP contribution in [0.1, 0.15) is 39.2 Å². The monoisotopic (exact) mass is 440 g/mol. The molecule has 9 nitrogen and oxygen atoms in total. The van der Waals surface area contributed by atoms with Crippen molar-refractivity contribution in [3.05, 3.63) is 21.8 Å². The molecule has 1 aliphatic heterocycles. The lowest BCUT2D eigenvalue weighted by Crippen LogP contribution is -2.32. The lowest BCUT2D eigenvalue weighted by atomic mass is 10.1. The van der Waals surface area contributed by atoms with E-state index in [-0.39, 0.29) is 34.4 Å². The molecule has 2 aromatic heterocycles. The van der Waals surface area contributed by atoms with E-state index in [1.807, 2.05) is 6.92 Å². The zero-order valence-corrected chi connectivity index (χ0v) is 18.1. The fraction of sp³-hybridized carbons (Fsp3) is 0.667. The molecule has 2 atom stereocenters. The summed E-state index contributed by atoms with van der Waals surface area (Å²) in [5, 5.41) is 3.23. The highest BCUT2D eigenvalue weighted by Gasteiger charge is 2.33. The maximum Gasteiger partial charge on any atom is 0.295 e. The zero-order valence-electron chi connectivity index (χ0n) is 16.5. The van der Waals surface area contributed by atoms with Gasteiger partial charge in [-0.3, -0.25) is 9.36 Å². The Balaban J connectivity index is 1.59. The number of nitrogens with one attached hydrogen (secondary N) is 1. The van der Waals surface area contributed by atoms with Gasteiger partial charge in [-0.1, -0.05) is 0 Å². The molecule has 0 spiro atoms. The first-order valence-corrected chi connectivity index (χ1v) is 12.0. The summed E-state index contributed by atoms with van der Waals surface area (Å²) in [6.07, 6.45) is 4.45. The van der Waals surface area contributed by atoms with E-state index < -0.39 is 10.0 Å². The summed E-state index contributed by atoms with van der Waals surface area (Å²) in [5.74, 6) is 0.922. The molecule has 158 valence electrons. The number of sulfonamides is 1. The van der Waals surface area contributed by atoms with Gasteiger partial charge in [0.2, 0.25) is 15.3 Å². The van der Waals surface area contributed by atoms with Gasteiger partial charge in [-0.25, -0.2) is 22.7 Å². The molecule has 29 heavy (non-hydrogen) atoms. The first-order chi connectivity index (χ1) is 13.8. The standard InChI is InChI=1S/C18H25ClN6O3S/c1-3-29(27,28)24-7-6-12(10-24)8-20-15-17(26)25(11(2)13-4-5-13)16-14(22-15)9-21-18(19)23-16/h9,11-13H,3-8,10H2,1-2H3,(H,20,22)/t11-,12+/m0/s1. The largest absolute Gasteiger partial charge is 0.365 e. The number of hydrogen-bond acceptors (Lipinski definition) is 7. The minimum absolute atomic E-state index is 0.00353. The Labute approximate surface area is 174 Å². The van der Waals surface area contributed by atoms with Crippen LogP contribution in [-0.4, -0.2) is 57.6 Å². The Bertz CT molecular complexity index is 1080. The van der Waals surface area contributed by atoms with E-state index in [1.165, 1.54) is 10.5 Å². The molecular formula is C18H25ClN6O3S. The van der Waals surface area contributed by atoms with E-state index in [1.54, 1.807) is 11.5 Å². The van der Waals surface area contributed by atoms with Crippen molar-refractivity contribution in [1.82, 2.24) is 23.8 Å². The van der Waals surface area contributed by atoms with Crippen molar-refractivity contribution in [2.75, 3.05) is 30.7 Å². The van der Waals surface area contributed by atoms with Crippen molar-refractivity contribution < 1.29 is 8.42 Å². The van der Waals surface area contributed by atoms with Gasteiger partial charge in [0.25, 0.3) is 5.56 Å². The van der Waals surface area contributed by atoms with Crippen molar-refractivity contribution in [2.24, 2.45) is 11.8 Å². The number of halogens is 1. The SMILES string of the molecule is CCS(=O)(=O)N1CC[C@H](CNc2nc3cnc(Cl)nc3n([C@@H](C)C3CC3)c2=O)C1. The smallest absolute Gasteiger partial charge is 0.295 e.